The van der Waals surface area contributed by atoms with Crippen LogP contribution in [0.1, 0.15) is 64.1 Å². The summed E-state index contributed by atoms with van der Waals surface area (Å²) < 4.78 is 0. The maximum absolute atomic E-state index is 5.73. The Balaban J connectivity index is 0.000000246. The summed E-state index contributed by atoms with van der Waals surface area (Å²) in [6.07, 6.45) is 23.5. The third kappa shape index (κ3) is 5.10. The number of hydrogen-bond acceptors (Lipinski definition) is 2. The molecule has 1 atom stereocenters. The number of nitrogens with two attached hydrogens (primary N) is 1. The van der Waals surface area contributed by atoms with E-state index >= 15 is 0 Å². The molecule has 8 rings (SSSR count). The highest BCUT2D eigenvalue weighted by Crippen LogP contribution is 2.44. The fourth-order valence-electron chi connectivity index (χ4n) is 5.97. The van der Waals surface area contributed by atoms with E-state index in [4.69, 9.17) is 5.73 Å². The molecule has 0 spiro atoms. The molecule has 0 amide bonds. The molecule has 190 valence electrons. The van der Waals surface area contributed by atoms with E-state index in [0.29, 0.717) is 12.5 Å². The average Bonchev–Trinajstić information content (AvgIpc) is 3.34. The molecule has 3 aromatic carbocycles. The Kier molecular flexibility index (Phi) is 6.98. The fraction of sp³-hybridized carbons (Fsp3) is 0.222. The lowest BCUT2D eigenvalue weighted by Crippen LogP contribution is -2.13. The Morgan fingerprint density at radius 3 is 2.61 bits per heavy atom. The molecule has 2 aliphatic heterocycles. The molecule has 3 aromatic rings. The number of rotatable bonds is 3. The van der Waals surface area contributed by atoms with E-state index < -0.39 is 0 Å². The minimum atomic E-state index is 0.407. The van der Waals surface area contributed by atoms with Crippen LogP contribution in [0.25, 0.3) is 23.3 Å². The predicted molar refractivity (Wildman–Crippen MR) is 161 cm³/mol. The molecule has 3 aliphatic carbocycles. The SMILES string of the molecule is C1=CC2=CC=C(CC2)N1.Cc1ccc2c(c1)-c1ccc3c(c1CC2/C=C\c1ccc(CN)cc1)CCC=C3. The van der Waals surface area contributed by atoms with Crippen LogP contribution in [0.4, 0.5) is 0 Å². The third-order valence-electron chi connectivity index (χ3n) is 8.13. The zero-order valence-corrected chi connectivity index (χ0v) is 22.2. The molecule has 0 aromatic heterocycles. The first-order valence-electron chi connectivity index (χ1n) is 13.9. The highest BCUT2D eigenvalue weighted by atomic mass is 14.9. The number of hydrogen-bond donors (Lipinski definition) is 2. The van der Waals surface area contributed by atoms with E-state index in [1.165, 1.54) is 63.1 Å². The van der Waals surface area contributed by atoms with Gasteiger partial charge in [-0.05, 0) is 101 Å². The van der Waals surface area contributed by atoms with Crippen molar-refractivity contribution in [1.82, 2.24) is 5.32 Å². The minimum Gasteiger partial charge on any atom is -0.365 e. The fourth-order valence-corrected chi connectivity index (χ4v) is 5.97. The van der Waals surface area contributed by atoms with Crippen molar-refractivity contribution in [1.29, 1.82) is 0 Å². The van der Waals surface area contributed by atoms with Crippen LogP contribution in [0.3, 0.4) is 0 Å². The van der Waals surface area contributed by atoms with Crippen molar-refractivity contribution < 1.29 is 0 Å². The topological polar surface area (TPSA) is 38.0 Å². The zero-order valence-electron chi connectivity index (χ0n) is 22.2. The molecule has 0 radical (unpaired) electrons. The van der Waals surface area contributed by atoms with Gasteiger partial charge in [-0.1, -0.05) is 90.5 Å². The van der Waals surface area contributed by atoms with Gasteiger partial charge in [0.1, 0.15) is 0 Å². The lowest BCUT2D eigenvalue weighted by atomic mass is 9.74. The molecule has 0 fully saturated rings. The van der Waals surface area contributed by atoms with E-state index in [1.807, 2.05) is 6.20 Å². The van der Waals surface area contributed by atoms with Crippen molar-refractivity contribution in [2.75, 3.05) is 0 Å². The van der Waals surface area contributed by atoms with Crippen LogP contribution in [0.5, 0.6) is 0 Å². The highest BCUT2D eigenvalue weighted by Gasteiger charge is 2.26. The summed E-state index contributed by atoms with van der Waals surface area (Å²) in [5.74, 6) is 0.407. The maximum atomic E-state index is 5.73. The molecule has 2 heterocycles. The lowest BCUT2D eigenvalue weighted by molar-refractivity contribution is 0.805. The Bertz CT molecular complexity index is 1500. The van der Waals surface area contributed by atoms with Crippen molar-refractivity contribution in [2.24, 2.45) is 5.73 Å². The van der Waals surface area contributed by atoms with Crippen LogP contribution in [0.2, 0.25) is 0 Å². The average molecular weight is 497 g/mol. The van der Waals surface area contributed by atoms with Gasteiger partial charge in [-0.2, -0.15) is 0 Å². The molecule has 5 aliphatic rings. The van der Waals surface area contributed by atoms with Crippen LogP contribution in [-0.2, 0) is 19.4 Å². The summed E-state index contributed by atoms with van der Waals surface area (Å²) in [4.78, 5) is 0. The second kappa shape index (κ2) is 10.8. The predicted octanol–water partition coefficient (Wildman–Crippen LogP) is 8.14. The molecular formula is C36H36N2. The first-order chi connectivity index (χ1) is 18.7. The molecule has 2 nitrogen and oxygen atoms in total. The Labute approximate surface area is 227 Å². The summed E-state index contributed by atoms with van der Waals surface area (Å²) in [7, 11) is 0. The smallest absolute Gasteiger partial charge is 0.0178 e. The molecule has 0 saturated heterocycles. The summed E-state index contributed by atoms with van der Waals surface area (Å²) in [6, 6.07) is 20.2. The quantitative estimate of drug-likeness (QED) is 0.384. The number of aryl methyl sites for hydroxylation is 1. The molecule has 3 N–H and O–H groups in total. The van der Waals surface area contributed by atoms with Gasteiger partial charge in [-0.15, -0.1) is 0 Å². The number of allylic oxidation sites excluding steroid dienone is 7. The van der Waals surface area contributed by atoms with Crippen LogP contribution in [0.15, 0.2) is 102 Å². The van der Waals surface area contributed by atoms with Crippen LogP contribution < -0.4 is 11.1 Å². The minimum absolute atomic E-state index is 0.407. The van der Waals surface area contributed by atoms with Gasteiger partial charge in [-0.3, -0.25) is 0 Å². The lowest BCUT2D eigenvalue weighted by Gasteiger charge is -2.30. The Hall–Kier alpha value is -3.88. The van der Waals surface area contributed by atoms with E-state index in [9.17, 15) is 0 Å². The summed E-state index contributed by atoms with van der Waals surface area (Å²) >= 11 is 0. The standard InChI is InChI=1S/C28H27N.C8H9N/c1-19-6-14-25-23(12-11-20-7-9-21(18-29)10-8-20)17-28-24-5-3-2-4-22(24)13-15-26(28)27(25)16-19;1-3-8-4-2-7(1)5-6-9-8/h2,4,6-16,23H,3,5,17-18,29H2,1H3;1,3,5-6,9H,2,4H2/b12-11-;. The molecule has 1 unspecified atom stereocenters. The van der Waals surface area contributed by atoms with E-state index in [2.05, 4.69) is 109 Å². The van der Waals surface area contributed by atoms with Gasteiger partial charge in [0.25, 0.3) is 0 Å². The largest absolute Gasteiger partial charge is 0.365 e. The third-order valence-corrected chi connectivity index (χ3v) is 8.13. The van der Waals surface area contributed by atoms with E-state index in [1.54, 1.807) is 11.1 Å². The van der Waals surface area contributed by atoms with Crippen molar-refractivity contribution in [3.05, 3.63) is 141 Å². The first-order valence-corrected chi connectivity index (χ1v) is 13.9. The summed E-state index contributed by atoms with van der Waals surface area (Å²) in [5.41, 5.74) is 21.1. The molecule has 2 heteroatoms. The molecule has 2 bridgehead atoms. The maximum Gasteiger partial charge on any atom is 0.0178 e. The number of benzene rings is 3. The summed E-state index contributed by atoms with van der Waals surface area (Å²) in [6.45, 7) is 2.79. The van der Waals surface area contributed by atoms with Gasteiger partial charge in [0.15, 0.2) is 0 Å². The van der Waals surface area contributed by atoms with Gasteiger partial charge in [-0.25, -0.2) is 0 Å². The van der Waals surface area contributed by atoms with Gasteiger partial charge in [0.05, 0.1) is 0 Å². The monoisotopic (exact) mass is 496 g/mol. The second-order valence-electron chi connectivity index (χ2n) is 10.7. The zero-order chi connectivity index (χ0) is 25.9. The number of fused-ring (bicyclic) bond motifs is 8. The van der Waals surface area contributed by atoms with Crippen molar-refractivity contribution in [3.63, 3.8) is 0 Å². The van der Waals surface area contributed by atoms with Crippen molar-refractivity contribution in [2.45, 2.75) is 51.5 Å². The van der Waals surface area contributed by atoms with Crippen LogP contribution in [0, 0.1) is 6.92 Å². The highest BCUT2D eigenvalue weighted by molar-refractivity contribution is 5.79. The molecular weight excluding hydrogens is 460 g/mol. The van der Waals surface area contributed by atoms with Gasteiger partial charge in [0.2, 0.25) is 0 Å². The number of nitrogens with one attached hydrogen (secondary N) is 1. The summed E-state index contributed by atoms with van der Waals surface area (Å²) in [5, 5.41) is 3.20. The van der Waals surface area contributed by atoms with Gasteiger partial charge >= 0.3 is 0 Å². The van der Waals surface area contributed by atoms with E-state index in [0.717, 1.165) is 19.3 Å². The van der Waals surface area contributed by atoms with Crippen LogP contribution in [-0.4, -0.2) is 0 Å². The molecule has 38 heavy (non-hydrogen) atoms. The Morgan fingerprint density at radius 2 is 1.79 bits per heavy atom. The first kappa shape index (κ1) is 24.5. The van der Waals surface area contributed by atoms with Crippen LogP contribution >= 0.6 is 0 Å². The second-order valence-corrected chi connectivity index (χ2v) is 10.7. The Morgan fingerprint density at radius 1 is 0.895 bits per heavy atom. The van der Waals surface area contributed by atoms with Gasteiger partial charge in [0, 0.05) is 24.4 Å². The normalized spacial score (nSPS) is 18.3. The van der Waals surface area contributed by atoms with E-state index in [-0.39, 0.29) is 0 Å². The molecule has 0 saturated carbocycles. The van der Waals surface area contributed by atoms with Crippen molar-refractivity contribution >= 4 is 12.2 Å². The van der Waals surface area contributed by atoms with Gasteiger partial charge < -0.3 is 11.1 Å². The van der Waals surface area contributed by atoms with Crippen molar-refractivity contribution in [3.8, 4) is 11.1 Å².